The molecule has 2 aromatic rings. The van der Waals surface area contributed by atoms with Gasteiger partial charge in [-0.3, -0.25) is 33.6 Å². The highest BCUT2D eigenvalue weighted by molar-refractivity contribution is 7.99. The number of phenolic OH excluding ortho intramolecular Hbond substituents is 2. The number of fused-ring (bicyclic) bond motifs is 3. The van der Waals surface area contributed by atoms with E-state index in [0.29, 0.717) is 0 Å². The second-order valence-electron chi connectivity index (χ2n) is 11.4. The normalized spacial score (nSPS) is 19.1. The number of carboxylic acid groups (broad SMARTS) is 2. The van der Waals surface area contributed by atoms with Gasteiger partial charge in [-0.25, -0.2) is 0 Å². The first-order valence-electron chi connectivity index (χ1n) is 14.7. The molecule has 4 rings (SSSR count). The molecule has 4 atom stereocenters. The van der Waals surface area contributed by atoms with Crippen LogP contribution in [0.4, 0.5) is 0 Å². The minimum atomic E-state index is -2.36. The molecule has 0 unspecified atom stereocenters. The van der Waals surface area contributed by atoms with Crippen LogP contribution in [0.5, 0.6) is 17.2 Å². The molecular formula is C31H33N3O14S. The van der Waals surface area contributed by atoms with Crippen LogP contribution in [0.3, 0.4) is 0 Å². The summed E-state index contributed by atoms with van der Waals surface area (Å²) in [6.45, 7) is -1.96. The zero-order valence-corrected chi connectivity index (χ0v) is 26.7. The van der Waals surface area contributed by atoms with E-state index in [1.807, 2.05) is 0 Å². The summed E-state index contributed by atoms with van der Waals surface area (Å²) in [6.07, 6.45) is -1.95. The summed E-state index contributed by atoms with van der Waals surface area (Å²) >= 11 is 0.753. The number of Topliss-reactive ketones (excluding diaryl/α,β-unsaturated/α-hetero) is 1. The van der Waals surface area contributed by atoms with E-state index in [0.717, 1.165) is 11.8 Å². The van der Waals surface area contributed by atoms with Gasteiger partial charge in [0.25, 0.3) is 0 Å². The van der Waals surface area contributed by atoms with Crippen molar-refractivity contribution in [2.45, 2.75) is 48.6 Å². The SMILES string of the molecule is COc1cccc2c1C(=O)c1c(O)c3c(c(O)c1C2=O)C[C@@](O)(C(=O)CO)C[C@@H]3SC[C@H](NC(=O)CC[C@H](N)C(=O)O)C(=O)NCC(=O)O. The van der Waals surface area contributed by atoms with Crippen LogP contribution in [0.25, 0.3) is 0 Å². The minimum Gasteiger partial charge on any atom is -0.507 e. The Morgan fingerprint density at radius 1 is 1.06 bits per heavy atom. The van der Waals surface area contributed by atoms with Crippen LogP contribution in [0.15, 0.2) is 18.2 Å². The van der Waals surface area contributed by atoms with Gasteiger partial charge in [-0.2, -0.15) is 11.8 Å². The van der Waals surface area contributed by atoms with Crippen LogP contribution >= 0.6 is 11.8 Å². The number of hydrogen-bond donors (Lipinski definition) is 9. The number of aromatic hydroxyl groups is 2. The molecule has 0 heterocycles. The van der Waals surface area contributed by atoms with Gasteiger partial charge >= 0.3 is 11.9 Å². The number of rotatable bonds is 14. The molecule has 17 nitrogen and oxygen atoms in total. The first-order valence-corrected chi connectivity index (χ1v) is 15.7. The second-order valence-corrected chi connectivity index (χ2v) is 12.6. The van der Waals surface area contributed by atoms with Gasteiger partial charge in [0.1, 0.15) is 48.1 Å². The van der Waals surface area contributed by atoms with Crippen LogP contribution in [0, 0.1) is 0 Å². The second kappa shape index (κ2) is 14.6. The molecular weight excluding hydrogens is 670 g/mol. The highest BCUT2D eigenvalue weighted by Gasteiger charge is 2.49. The Bertz CT molecular complexity index is 1760. The van der Waals surface area contributed by atoms with Gasteiger partial charge in [0.2, 0.25) is 17.6 Å². The van der Waals surface area contributed by atoms with Crippen LogP contribution < -0.4 is 21.1 Å². The first-order chi connectivity index (χ1) is 23.1. The van der Waals surface area contributed by atoms with Crippen molar-refractivity contribution >= 4 is 52.9 Å². The summed E-state index contributed by atoms with van der Waals surface area (Å²) in [6, 6.07) is 1.29. The van der Waals surface area contributed by atoms with E-state index < -0.39 is 125 Å². The molecule has 0 aliphatic heterocycles. The molecule has 49 heavy (non-hydrogen) atoms. The number of aliphatic hydroxyl groups excluding tert-OH is 1. The number of hydrogen-bond acceptors (Lipinski definition) is 14. The third kappa shape index (κ3) is 7.21. The van der Waals surface area contributed by atoms with Crippen LogP contribution in [-0.2, 0) is 30.4 Å². The number of amides is 2. The van der Waals surface area contributed by atoms with Gasteiger partial charge in [-0.15, -0.1) is 0 Å². The van der Waals surface area contributed by atoms with E-state index in [1.54, 1.807) is 0 Å². The average Bonchev–Trinajstić information content (AvgIpc) is 3.06. The van der Waals surface area contributed by atoms with Crippen LogP contribution in [0.1, 0.15) is 67.5 Å². The Morgan fingerprint density at radius 3 is 2.35 bits per heavy atom. The van der Waals surface area contributed by atoms with Gasteiger partial charge in [-0.1, -0.05) is 12.1 Å². The van der Waals surface area contributed by atoms with Crippen molar-refractivity contribution in [3.8, 4) is 17.2 Å². The maximum atomic E-state index is 13.8. The Labute approximate surface area is 281 Å². The largest absolute Gasteiger partial charge is 0.507 e. The molecule has 2 aliphatic carbocycles. The zero-order chi connectivity index (χ0) is 36.4. The van der Waals surface area contributed by atoms with E-state index in [4.69, 9.17) is 20.7 Å². The van der Waals surface area contributed by atoms with Crippen molar-refractivity contribution in [2.24, 2.45) is 5.73 Å². The number of phenols is 2. The van der Waals surface area contributed by atoms with Crippen LogP contribution in [0.2, 0.25) is 0 Å². The lowest BCUT2D eigenvalue weighted by molar-refractivity contribution is -0.141. The fourth-order valence-corrected chi connectivity index (χ4v) is 7.25. The molecule has 0 radical (unpaired) electrons. The Kier molecular flexibility index (Phi) is 11.0. The van der Waals surface area contributed by atoms with Crippen LogP contribution in [-0.4, -0.2) is 115 Å². The monoisotopic (exact) mass is 703 g/mol. The Balaban J connectivity index is 1.77. The Hall–Kier alpha value is -5.04. The molecule has 10 N–H and O–H groups in total. The van der Waals surface area contributed by atoms with E-state index in [9.17, 15) is 54.0 Å². The molecule has 18 heteroatoms. The third-order valence-corrected chi connectivity index (χ3v) is 9.60. The standard InChI is InChI=1S/C31H33N3O14S/c1-48-16-4-2-3-12-21(16)27(42)24-23(25(12)40)26(41)13-7-31(47,18(36)10-35)8-17(22(13)28(24)43)49-11-15(29(44)33-9-20(38)39)34-19(37)6-5-14(32)30(45)46/h2-4,14-15,17,35,41,43,47H,5-11,32H2,1H3,(H,33,44)(H,34,37)(H,38,39)(H,45,46)/t14-,15-,17-,31-/m0/s1. The lowest BCUT2D eigenvalue weighted by Crippen LogP contribution is -2.50. The molecule has 2 aliphatic rings. The predicted octanol–water partition coefficient (Wildman–Crippen LogP) is -1.23. The number of benzene rings is 2. The fourth-order valence-electron chi connectivity index (χ4n) is 5.78. The zero-order valence-electron chi connectivity index (χ0n) is 25.8. The van der Waals surface area contributed by atoms with E-state index in [-0.39, 0.29) is 34.4 Å². The Morgan fingerprint density at radius 2 is 1.73 bits per heavy atom. The molecule has 0 spiro atoms. The predicted molar refractivity (Wildman–Crippen MR) is 168 cm³/mol. The third-order valence-electron chi connectivity index (χ3n) is 8.27. The highest BCUT2D eigenvalue weighted by atomic mass is 32.2. The minimum absolute atomic E-state index is 0.0159. The number of carboxylic acids is 2. The molecule has 0 bridgehead atoms. The van der Waals surface area contributed by atoms with Crippen molar-refractivity contribution in [3.05, 3.63) is 51.6 Å². The molecule has 0 saturated carbocycles. The van der Waals surface area contributed by atoms with Gasteiger partial charge in [-0.05, 0) is 18.9 Å². The molecule has 0 fully saturated rings. The van der Waals surface area contributed by atoms with Crippen molar-refractivity contribution in [2.75, 3.05) is 26.0 Å². The van der Waals surface area contributed by atoms with Crippen molar-refractivity contribution in [1.82, 2.24) is 10.6 Å². The van der Waals surface area contributed by atoms with E-state index in [1.165, 1.54) is 25.3 Å². The number of carbonyl (C=O) groups excluding carboxylic acids is 5. The fraction of sp³-hybridized carbons (Fsp3) is 0.387. The smallest absolute Gasteiger partial charge is 0.322 e. The van der Waals surface area contributed by atoms with Crippen molar-refractivity contribution in [3.63, 3.8) is 0 Å². The quantitative estimate of drug-likeness (QED) is 0.0888. The molecule has 0 aromatic heterocycles. The van der Waals surface area contributed by atoms with E-state index in [2.05, 4.69) is 10.6 Å². The van der Waals surface area contributed by atoms with Gasteiger partial charge in [0, 0.05) is 40.5 Å². The number of ether oxygens (including phenoxy) is 1. The lowest BCUT2D eigenvalue weighted by atomic mass is 9.73. The number of methoxy groups -OCH3 is 1. The topological polar surface area (TPSA) is 300 Å². The number of nitrogens with one attached hydrogen (secondary N) is 2. The molecule has 2 aromatic carbocycles. The number of ketones is 3. The van der Waals surface area contributed by atoms with E-state index >= 15 is 0 Å². The average molecular weight is 704 g/mol. The summed E-state index contributed by atoms with van der Waals surface area (Å²) in [4.78, 5) is 87.9. The number of aliphatic carboxylic acids is 2. The summed E-state index contributed by atoms with van der Waals surface area (Å²) in [5, 5.41) is 65.3. The number of nitrogens with two attached hydrogens (primary N) is 1. The summed E-state index contributed by atoms with van der Waals surface area (Å²) in [5.41, 5.74) is 1.17. The lowest BCUT2D eigenvalue weighted by Gasteiger charge is -2.39. The molecule has 2 amide bonds. The maximum Gasteiger partial charge on any atom is 0.322 e. The molecule has 262 valence electrons. The summed E-state index contributed by atoms with van der Waals surface area (Å²) < 4.78 is 5.25. The van der Waals surface area contributed by atoms with Gasteiger partial charge in [0.15, 0.2) is 11.6 Å². The first kappa shape index (κ1) is 36.8. The summed E-state index contributed by atoms with van der Waals surface area (Å²) in [7, 11) is 1.26. The summed E-state index contributed by atoms with van der Waals surface area (Å²) in [5.74, 6) is -9.34. The van der Waals surface area contributed by atoms with Gasteiger partial charge < -0.3 is 51.7 Å². The number of carbonyl (C=O) groups is 7. The highest BCUT2D eigenvalue weighted by Crippen LogP contribution is 2.54. The maximum absolute atomic E-state index is 13.8. The number of thioether (sulfide) groups is 1. The van der Waals surface area contributed by atoms with Crippen molar-refractivity contribution < 1.29 is 68.9 Å². The van der Waals surface area contributed by atoms with Gasteiger partial charge in [0.05, 0.1) is 23.8 Å². The van der Waals surface area contributed by atoms with Crippen molar-refractivity contribution in [1.29, 1.82) is 0 Å². The number of aliphatic hydroxyl groups is 2. The molecule has 0 saturated heterocycles.